The number of thiol groups is 1. The number of aromatic nitrogens is 3. The van der Waals surface area contributed by atoms with Crippen LogP contribution in [0.2, 0.25) is 0 Å². The quantitative estimate of drug-likeness (QED) is 0.574. The number of hydrogen-bond acceptors (Lipinski definition) is 5. The second-order valence-electron chi connectivity index (χ2n) is 3.83. The van der Waals surface area contributed by atoms with Gasteiger partial charge in [-0.25, -0.2) is 0 Å². The average molecular weight is 271 g/mol. The summed E-state index contributed by atoms with van der Waals surface area (Å²) in [4.78, 5) is 22.6. The van der Waals surface area contributed by atoms with E-state index in [1.54, 1.807) is 10.9 Å². The number of carbonyl (C=O) groups excluding carboxylic acids is 2. The Balaban J connectivity index is 2.36. The van der Waals surface area contributed by atoms with Gasteiger partial charge in [-0.2, -0.15) is 12.6 Å². The fraction of sp³-hybridized carbons (Fsp3) is 0.600. The third-order valence-electron chi connectivity index (χ3n) is 2.33. The van der Waals surface area contributed by atoms with Crippen molar-refractivity contribution in [3.63, 3.8) is 0 Å². The molecule has 1 aromatic rings. The fourth-order valence-electron chi connectivity index (χ4n) is 1.39. The van der Waals surface area contributed by atoms with Crippen LogP contribution < -0.4 is 10.6 Å². The van der Waals surface area contributed by atoms with E-state index in [1.165, 1.54) is 6.92 Å². The topological polar surface area (TPSA) is 88.9 Å². The van der Waals surface area contributed by atoms with Gasteiger partial charge in [0.25, 0.3) is 0 Å². The molecule has 0 aromatic carbocycles. The van der Waals surface area contributed by atoms with Crippen molar-refractivity contribution in [1.82, 2.24) is 25.4 Å². The van der Waals surface area contributed by atoms with Crippen LogP contribution in [0.25, 0.3) is 0 Å². The number of hydrogen-bond donors (Lipinski definition) is 3. The summed E-state index contributed by atoms with van der Waals surface area (Å²) in [6, 6.07) is -0.606. The minimum atomic E-state index is -0.606. The van der Waals surface area contributed by atoms with Gasteiger partial charge in [-0.3, -0.25) is 9.59 Å². The van der Waals surface area contributed by atoms with E-state index in [0.29, 0.717) is 13.0 Å². The first-order chi connectivity index (χ1) is 8.54. The van der Waals surface area contributed by atoms with Crippen molar-refractivity contribution in [2.24, 2.45) is 7.05 Å². The van der Waals surface area contributed by atoms with E-state index >= 15 is 0 Å². The summed E-state index contributed by atoms with van der Waals surface area (Å²) in [5.41, 5.74) is 0. The first kappa shape index (κ1) is 14.5. The Bertz CT molecular complexity index is 420. The van der Waals surface area contributed by atoms with Crippen LogP contribution in [-0.2, 0) is 23.1 Å². The first-order valence-corrected chi connectivity index (χ1v) is 6.16. The molecule has 0 bridgehead atoms. The maximum absolute atomic E-state index is 11.7. The second kappa shape index (κ2) is 7.00. The summed E-state index contributed by atoms with van der Waals surface area (Å²) < 4.78 is 1.79. The second-order valence-corrected chi connectivity index (χ2v) is 4.20. The van der Waals surface area contributed by atoms with Gasteiger partial charge >= 0.3 is 0 Å². The lowest BCUT2D eigenvalue weighted by atomic mass is 10.3. The zero-order chi connectivity index (χ0) is 13.5. The summed E-state index contributed by atoms with van der Waals surface area (Å²) in [6.07, 6.45) is 2.19. The van der Waals surface area contributed by atoms with Crippen molar-refractivity contribution in [2.45, 2.75) is 19.4 Å². The van der Waals surface area contributed by atoms with Gasteiger partial charge in [-0.05, 0) is 0 Å². The normalized spacial score (nSPS) is 11.9. The molecule has 0 aliphatic rings. The summed E-state index contributed by atoms with van der Waals surface area (Å²) in [5, 5.41) is 12.9. The van der Waals surface area contributed by atoms with E-state index in [9.17, 15) is 9.59 Å². The zero-order valence-electron chi connectivity index (χ0n) is 10.4. The van der Waals surface area contributed by atoms with Crippen molar-refractivity contribution in [3.8, 4) is 0 Å². The lowest BCUT2D eigenvalue weighted by Crippen LogP contribution is -2.47. The zero-order valence-corrected chi connectivity index (χ0v) is 11.3. The van der Waals surface area contributed by atoms with E-state index < -0.39 is 6.04 Å². The van der Waals surface area contributed by atoms with Gasteiger partial charge in [0.15, 0.2) is 0 Å². The van der Waals surface area contributed by atoms with Crippen LogP contribution in [0.15, 0.2) is 6.33 Å². The third-order valence-corrected chi connectivity index (χ3v) is 2.69. The van der Waals surface area contributed by atoms with Crippen molar-refractivity contribution in [1.29, 1.82) is 0 Å². The predicted octanol–water partition coefficient (Wildman–Crippen LogP) is -1.09. The Morgan fingerprint density at radius 3 is 2.78 bits per heavy atom. The molecule has 0 aliphatic carbocycles. The minimum Gasteiger partial charge on any atom is -0.354 e. The maximum Gasteiger partial charge on any atom is 0.243 e. The van der Waals surface area contributed by atoms with Crippen molar-refractivity contribution >= 4 is 24.4 Å². The number of carbonyl (C=O) groups is 2. The molecule has 7 nitrogen and oxygen atoms in total. The smallest absolute Gasteiger partial charge is 0.243 e. The molecule has 0 aliphatic heterocycles. The molecule has 100 valence electrons. The monoisotopic (exact) mass is 271 g/mol. The van der Waals surface area contributed by atoms with Crippen LogP contribution in [0.5, 0.6) is 0 Å². The summed E-state index contributed by atoms with van der Waals surface area (Å²) in [6.45, 7) is 1.80. The van der Waals surface area contributed by atoms with Gasteiger partial charge in [0.1, 0.15) is 18.2 Å². The van der Waals surface area contributed by atoms with Crippen molar-refractivity contribution < 1.29 is 9.59 Å². The number of rotatable bonds is 6. The van der Waals surface area contributed by atoms with Gasteiger partial charge in [0.2, 0.25) is 11.8 Å². The molecule has 1 heterocycles. The molecule has 0 saturated carbocycles. The molecule has 8 heteroatoms. The lowest BCUT2D eigenvalue weighted by Gasteiger charge is -2.15. The van der Waals surface area contributed by atoms with E-state index in [4.69, 9.17) is 0 Å². The van der Waals surface area contributed by atoms with Gasteiger partial charge in [-0.15, -0.1) is 10.2 Å². The third kappa shape index (κ3) is 4.36. The number of amides is 2. The first-order valence-electron chi connectivity index (χ1n) is 5.53. The van der Waals surface area contributed by atoms with Crippen LogP contribution in [0.3, 0.4) is 0 Å². The van der Waals surface area contributed by atoms with Gasteiger partial charge in [-0.1, -0.05) is 0 Å². The lowest BCUT2D eigenvalue weighted by molar-refractivity contribution is -0.127. The highest BCUT2D eigenvalue weighted by molar-refractivity contribution is 7.80. The highest BCUT2D eigenvalue weighted by atomic mass is 32.1. The molecule has 0 fully saturated rings. The van der Waals surface area contributed by atoms with Crippen LogP contribution in [-0.4, -0.2) is 44.9 Å². The van der Waals surface area contributed by atoms with Crippen LogP contribution >= 0.6 is 12.6 Å². The van der Waals surface area contributed by atoms with Crippen LogP contribution in [0, 0.1) is 0 Å². The summed E-state index contributed by atoms with van der Waals surface area (Å²) in [5.74, 6) is 0.548. The van der Waals surface area contributed by atoms with E-state index in [1.807, 2.05) is 7.05 Å². The van der Waals surface area contributed by atoms with E-state index in [-0.39, 0.29) is 17.6 Å². The largest absolute Gasteiger partial charge is 0.354 e. The van der Waals surface area contributed by atoms with Crippen molar-refractivity contribution in [2.75, 3.05) is 12.3 Å². The van der Waals surface area contributed by atoms with E-state index in [0.717, 1.165) is 5.82 Å². The predicted molar refractivity (Wildman–Crippen MR) is 69.2 cm³/mol. The molecule has 2 N–H and O–H groups in total. The molecule has 0 saturated heterocycles. The van der Waals surface area contributed by atoms with Gasteiger partial charge in [0.05, 0.1) is 0 Å². The Kier molecular flexibility index (Phi) is 5.63. The molecule has 18 heavy (non-hydrogen) atoms. The van der Waals surface area contributed by atoms with Crippen LogP contribution in [0.4, 0.5) is 0 Å². The maximum atomic E-state index is 11.7. The Morgan fingerprint density at radius 1 is 1.56 bits per heavy atom. The van der Waals surface area contributed by atoms with Gasteiger partial charge in [0, 0.05) is 32.7 Å². The fourth-order valence-corrected chi connectivity index (χ4v) is 1.65. The molecule has 0 spiro atoms. The average Bonchev–Trinajstić information content (AvgIpc) is 2.71. The molecule has 1 aromatic heterocycles. The standard InChI is InChI=1S/C10H17N5O2S/c1-7(16)13-8(5-18)10(17)11-4-3-9-14-12-6-15(9)2/h6,8,18H,3-5H2,1-2H3,(H,11,17)(H,13,16). The SMILES string of the molecule is CC(=O)NC(CS)C(=O)NCCc1nncn1C. The summed E-state index contributed by atoms with van der Waals surface area (Å²) in [7, 11) is 1.84. The molecular weight excluding hydrogens is 254 g/mol. The number of aryl methyl sites for hydroxylation is 1. The minimum absolute atomic E-state index is 0.248. The molecule has 1 unspecified atom stereocenters. The molecule has 1 rings (SSSR count). The number of nitrogens with one attached hydrogen (secondary N) is 2. The Labute approximate surface area is 111 Å². The Hall–Kier alpha value is -1.57. The van der Waals surface area contributed by atoms with E-state index in [2.05, 4.69) is 33.5 Å². The highest BCUT2D eigenvalue weighted by Gasteiger charge is 2.17. The molecule has 1 atom stereocenters. The highest BCUT2D eigenvalue weighted by Crippen LogP contribution is 1.93. The van der Waals surface area contributed by atoms with Crippen LogP contribution in [0.1, 0.15) is 12.7 Å². The molecule has 0 radical (unpaired) electrons. The number of nitrogens with zero attached hydrogens (tertiary/aromatic N) is 3. The van der Waals surface area contributed by atoms with Crippen molar-refractivity contribution in [3.05, 3.63) is 12.2 Å². The van der Waals surface area contributed by atoms with Gasteiger partial charge < -0.3 is 15.2 Å². The Morgan fingerprint density at radius 2 is 2.28 bits per heavy atom. The summed E-state index contributed by atoms with van der Waals surface area (Å²) >= 11 is 4.03. The molecule has 2 amide bonds. The molecular formula is C10H17N5O2S.